The van der Waals surface area contributed by atoms with E-state index in [0.29, 0.717) is 17.8 Å². The van der Waals surface area contributed by atoms with Gasteiger partial charge in [-0.05, 0) is 36.4 Å². The first-order valence-corrected chi connectivity index (χ1v) is 6.08. The molecule has 2 rings (SSSR count). The summed E-state index contributed by atoms with van der Waals surface area (Å²) >= 11 is 0. The summed E-state index contributed by atoms with van der Waals surface area (Å²) in [5.74, 6) is 0.0926. The summed E-state index contributed by atoms with van der Waals surface area (Å²) < 4.78 is 5.13. The number of anilines is 1. The second-order valence-corrected chi connectivity index (χ2v) is 4.17. The van der Waals surface area contributed by atoms with Gasteiger partial charge >= 0.3 is 0 Å². The molecule has 0 radical (unpaired) electrons. The van der Waals surface area contributed by atoms with Gasteiger partial charge in [0, 0.05) is 11.3 Å². The summed E-state index contributed by atoms with van der Waals surface area (Å²) in [6.07, 6.45) is 1.58. The summed E-state index contributed by atoms with van der Waals surface area (Å²) in [6, 6.07) is 10.0. The third-order valence-electron chi connectivity index (χ3n) is 2.62. The van der Waals surface area contributed by atoms with Crippen molar-refractivity contribution < 1.29 is 14.0 Å². The number of furan rings is 1. The molecule has 6 nitrogen and oxygen atoms in total. The first-order valence-electron chi connectivity index (χ1n) is 6.08. The lowest BCUT2D eigenvalue weighted by atomic mass is 10.2. The van der Waals surface area contributed by atoms with Crippen LogP contribution in [0.3, 0.4) is 0 Å². The van der Waals surface area contributed by atoms with Gasteiger partial charge in [-0.25, -0.2) is 0 Å². The molecule has 1 aromatic carbocycles. The zero-order chi connectivity index (χ0) is 14.4. The molecule has 1 heterocycles. The van der Waals surface area contributed by atoms with Crippen molar-refractivity contribution in [2.45, 2.75) is 6.54 Å². The molecule has 0 saturated heterocycles. The number of rotatable bonds is 6. The number of benzene rings is 1. The normalized spacial score (nSPS) is 10.2. The molecule has 0 unspecified atom stereocenters. The molecule has 0 aliphatic carbocycles. The minimum atomic E-state index is -0.497. The highest BCUT2D eigenvalue weighted by atomic mass is 16.3. The number of nitrogens with one attached hydrogen (secondary N) is 2. The van der Waals surface area contributed by atoms with Crippen LogP contribution in [-0.4, -0.2) is 18.4 Å². The molecular weight excluding hydrogens is 258 g/mol. The fraction of sp³-hybridized carbons (Fsp3) is 0.143. The van der Waals surface area contributed by atoms with Crippen molar-refractivity contribution in [3.8, 4) is 0 Å². The Kier molecular flexibility index (Phi) is 4.52. The molecule has 2 amide bonds. The van der Waals surface area contributed by atoms with E-state index in [1.54, 1.807) is 36.6 Å². The molecular formula is C14H15N3O3. The zero-order valence-electron chi connectivity index (χ0n) is 10.8. The summed E-state index contributed by atoms with van der Waals surface area (Å²) in [7, 11) is 0. The highest BCUT2D eigenvalue weighted by Gasteiger charge is 2.04. The molecule has 0 aliphatic heterocycles. The summed E-state index contributed by atoms with van der Waals surface area (Å²) in [6.45, 7) is 0.652. The van der Waals surface area contributed by atoms with Crippen LogP contribution in [0.1, 0.15) is 16.1 Å². The van der Waals surface area contributed by atoms with Crippen LogP contribution in [0.15, 0.2) is 47.1 Å². The maximum atomic E-state index is 11.7. The maximum Gasteiger partial charge on any atom is 0.248 e. The van der Waals surface area contributed by atoms with Gasteiger partial charge in [0.05, 0.1) is 19.4 Å². The topological polar surface area (TPSA) is 97.4 Å². The summed E-state index contributed by atoms with van der Waals surface area (Å²) in [4.78, 5) is 22.6. The summed E-state index contributed by atoms with van der Waals surface area (Å²) in [5, 5.41) is 5.66. The van der Waals surface area contributed by atoms with Crippen LogP contribution < -0.4 is 16.4 Å². The van der Waals surface area contributed by atoms with Crippen molar-refractivity contribution in [2.75, 3.05) is 11.9 Å². The van der Waals surface area contributed by atoms with E-state index < -0.39 is 5.91 Å². The Morgan fingerprint density at radius 3 is 2.50 bits per heavy atom. The predicted molar refractivity (Wildman–Crippen MR) is 74.0 cm³/mol. The van der Waals surface area contributed by atoms with Crippen LogP contribution in [0.25, 0.3) is 0 Å². The third-order valence-corrected chi connectivity index (χ3v) is 2.62. The van der Waals surface area contributed by atoms with Gasteiger partial charge in [-0.3, -0.25) is 9.59 Å². The zero-order valence-corrected chi connectivity index (χ0v) is 10.8. The van der Waals surface area contributed by atoms with Crippen molar-refractivity contribution in [1.29, 1.82) is 0 Å². The Morgan fingerprint density at radius 1 is 1.15 bits per heavy atom. The molecule has 1 aromatic heterocycles. The average molecular weight is 273 g/mol. The van der Waals surface area contributed by atoms with Crippen LogP contribution in [0.2, 0.25) is 0 Å². The predicted octanol–water partition coefficient (Wildman–Crippen LogP) is 1.11. The second kappa shape index (κ2) is 6.53. The van der Waals surface area contributed by atoms with E-state index in [0.717, 1.165) is 5.76 Å². The molecule has 0 spiro atoms. The Labute approximate surface area is 116 Å². The Balaban J connectivity index is 1.77. The summed E-state index contributed by atoms with van der Waals surface area (Å²) in [5.41, 5.74) is 6.14. The van der Waals surface area contributed by atoms with E-state index in [9.17, 15) is 9.59 Å². The van der Waals surface area contributed by atoms with E-state index in [4.69, 9.17) is 10.2 Å². The second-order valence-electron chi connectivity index (χ2n) is 4.17. The number of carbonyl (C=O) groups is 2. The molecule has 4 N–H and O–H groups in total. The fourth-order valence-electron chi connectivity index (χ4n) is 1.64. The molecule has 104 valence electrons. The molecule has 0 aliphatic rings. The number of nitrogens with two attached hydrogens (primary N) is 1. The Bertz CT molecular complexity index is 576. The van der Waals surface area contributed by atoms with Gasteiger partial charge in [-0.1, -0.05) is 0 Å². The molecule has 6 heteroatoms. The first kappa shape index (κ1) is 13.8. The largest absolute Gasteiger partial charge is 0.468 e. The van der Waals surface area contributed by atoms with Crippen molar-refractivity contribution in [1.82, 2.24) is 5.32 Å². The van der Waals surface area contributed by atoms with Crippen LogP contribution in [0, 0.1) is 0 Å². The third kappa shape index (κ3) is 3.96. The van der Waals surface area contributed by atoms with Crippen molar-refractivity contribution in [3.63, 3.8) is 0 Å². The Hall–Kier alpha value is -2.60. The average Bonchev–Trinajstić information content (AvgIpc) is 2.92. The highest BCUT2D eigenvalue weighted by Crippen LogP contribution is 2.08. The molecule has 0 saturated carbocycles. The standard InChI is InChI=1S/C14H15N3O3/c15-14(19)10-3-5-11(6-4-10)17-13(18)9-16-8-12-2-1-7-20-12/h1-7,16H,8-9H2,(H2,15,19)(H,17,18). The van der Waals surface area contributed by atoms with E-state index in [2.05, 4.69) is 10.6 Å². The monoisotopic (exact) mass is 273 g/mol. The smallest absolute Gasteiger partial charge is 0.248 e. The SMILES string of the molecule is NC(=O)c1ccc(NC(=O)CNCc2ccco2)cc1. The molecule has 0 fully saturated rings. The number of carbonyl (C=O) groups excluding carboxylic acids is 2. The lowest BCUT2D eigenvalue weighted by Gasteiger charge is -2.06. The molecule has 0 bridgehead atoms. The van der Waals surface area contributed by atoms with Crippen molar-refractivity contribution >= 4 is 17.5 Å². The number of amides is 2. The van der Waals surface area contributed by atoms with Crippen LogP contribution in [0.4, 0.5) is 5.69 Å². The number of primary amides is 1. The lowest BCUT2D eigenvalue weighted by Crippen LogP contribution is -2.27. The fourth-order valence-corrected chi connectivity index (χ4v) is 1.64. The number of hydrogen-bond donors (Lipinski definition) is 3. The van der Waals surface area contributed by atoms with E-state index in [1.165, 1.54) is 0 Å². The minimum absolute atomic E-state index is 0.165. The van der Waals surface area contributed by atoms with Gasteiger partial charge in [-0.2, -0.15) is 0 Å². The molecule has 20 heavy (non-hydrogen) atoms. The molecule has 2 aromatic rings. The lowest BCUT2D eigenvalue weighted by molar-refractivity contribution is -0.115. The van der Waals surface area contributed by atoms with Crippen LogP contribution in [0.5, 0.6) is 0 Å². The van der Waals surface area contributed by atoms with Gasteiger partial charge in [0.15, 0.2) is 0 Å². The van der Waals surface area contributed by atoms with Crippen LogP contribution >= 0.6 is 0 Å². The first-order chi connectivity index (χ1) is 9.65. The van der Waals surface area contributed by atoms with E-state index in [-0.39, 0.29) is 12.5 Å². The van der Waals surface area contributed by atoms with E-state index >= 15 is 0 Å². The van der Waals surface area contributed by atoms with E-state index in [1.807, 2.05) is 6.07 Å². The van der Waals surface area contributed by atoms with Gasteiger partial charge in [0.1, 0.15) is 5.76 Å². The van der Waals surface area contributed by atoms with Crippen LogP contribution in [-0.2, 0) is 11.3 Å². The highest BCUT2D eigenvalue weighted by molar-refractivity contribution is 5.95. The molecule has 0 atom stereocenters. The van der Waals surface area contributed by atoms with Gasteiger partial charge in [-0.15, -0.1) is 0 Å². The number of hydrogen-bond acceptors (Lipinski definition) is 4. The Morgan fingerprint density at radius 2 is 1.90 bits per heavy atom. The van der Waals surface area contributed by atoms with Gasteiger partial charge in [0.25, 0.3) is 0 Å². The van der Waals surface area contributed by atoms with Crippen molar-refractivity contribution in [3.05, 3.63) is 54.0 Å². The minimum Gasteiger partial charge on any atom is -0.468 e. The van der Waals surface area contributed by atoms with Crippen molar-refractivity contribution in [2.24, 2.45) is 5.73 Å². The van der Waals surface area contributed by atoms with Gasteiger partial charge < -0.3 is 20.8 Å². The quantitative estimate of drug-likeness (QED) is 0.734. The maximum absolute atomic E-state index is 11.7. The van der Waals surface area contributed by atoms with Gasteiger partial charge in [0.2, 0.25) is 11.8 Å².